The third-order valence-corrected chi connectivity index (χ3v) is 4.23. The van der Waals surface area contributed by atoms with E-state index in [1.54, 1.807) is 30.5 Å². The molecular weight excluding hydrogens is 372 g/mol. The van der Waals surface area contributed by atoms with Crippen LogP contribution in [0, 0.1) is 6.92 Å². The molecule has 0 unspecified atom stereocenters. The average molecular weight is 396 g/mol. The Labute approximate surface area is 168 Å². The van der Waals surface area contributed by atoms with E-state index in [0.717, 1.165) is 12.0 Å². The fraction of sp³-hybridized carbons (Fsp3) is 0.318. The molecule has 0 radical (unpaired) electrons. The van der Waals surface area contributed by atoms with Crippen LogP contribution in [0.15, 0.2) is 47.4 Å². The number of hydrogen-bond donors (Lipinski definition) is 0. The Morgan fingerprint density at radius 1 is 1.10 bits per heavy atom. The van der Waals surface area contributed by atoms with E-state index in [1.165, 1.54) is 10.5 Å². The van der Waals surface area contributed by atoms with Gasteiger partial charge in [0, 0.05) is 12.3 Å². The molecule has 0 aliphatic carbocycles. The second-order valence-electron chi connectivity index (χ2n) is 6.49. The summed E-state index contributed by atoms with van der Waals surface area (Å²) in [6, 6.07) is 9.95. The molecule has 1 aromatic carbocycles. The van der Waals surface area contributed by atoms with Crippen molar-refractivity contribution in [3.05, 3.63) is 69.8 Å². The highest BCUT2D eigenvalue weighted by Crippen LogP contribution is 2.29. The summed E-state index contributed by atoms with van der Waals surface area (Å²) in [6.45, 7) is 6.66. The normalized spacial score (nSPS) is 10.7. The molecule has 29 heavy (non-hydrogen) atoms. The van der Waals surface area contributed by atoms with Gasteiger partial charge in [0.05, 0.1) is 24.5 Å². The molecule has 0 aliphatic rings. The van der Waals surface area contributed by atoms with E-state index >= 15 is 0 Å². The predicted molar refractivity (Wildman–Crippen MR) is 109 cm³/mol. The maximum atomic E-state index is 12.5. The lowest BCUT2D eigenvalue weighted by atomic mass is 10.2. The van der Waals surface area contributed by atoms with E-state index in [1.807, 2.05) is 26.8 Å². The third kappa shape index (κ3) is 4.74. The molecule has 7 nitrogen and oxygen atoms in total. The van der Waals surface area contributed by atoms with Crippen LogP contribution in [-0.4, -0.2) is 28.6 Å². The fourth-order valence-corrected chi connectivity index (χ4v) is 2.84. The number of aryl methyl sites for hydroxylation is 1. The Kier molecular flexibility index (Phi) is 6.49. The van der Waals surface area contributed by atoms with Gasteiger partial charge in [0.1, 0.15) is 12.3 Å². The van der Waals surface area contributed by atoms with Crippen LogP contribution < -0.4 is 15.0 Å². The van der Waals surface area contributed by atoms with Crippen LogP contribution in [0.25, 0.3) is 5.65 Å². The number of rotatable bonds is 8. The summed E-state index contributed by atoms with van der Waals surface area (Å²) < 4.78 is 18.0. The minimum absolute atomic E-state index is 0.100. The molecule has 152 valence electrons. The van der Waals surface area contributed by atoms with Crippen LogP contribution in [0.5, 0.6) is 11.5 Å². The van der Waals surface area contributed by atoms with E-state index in [-0.39, 0.29) is 12.2 Å². The van der Waals surface area contributed by atoms with Crippen LogP contribution in [0.4, 0.5) is 0 Å². The molecule has 0 fully saturated rings. The van der Waals surface area contributed by atoms with Gasteiger partial charge in [-0.3, -0.25) is 9.20 Å². The summed E-state index contributed by atoms with van der Waals surface area (Å²) in [7, 11) is 0. The minimum Gasteiger partial charge on any atom is -0.490 e. The zero-order valence-electron chi connectivity index (χ0n) is 16.8. The molecule has 0 bridgehead atoms. The summed E-state index contributed by atoms with van der Waals surface area (Å²) in [4.78, 5) is 29.2. The van der Waals surface area contributed by atoms with Crippen LogP contribution >= 0.6 is 0 Å². The molecule has 0 N–H and O–H groups in total. The van der Waals surface area contributed by atoms with Crippen molar-refractivity contribution in [3.8, 4) is 11.5 Å². The van der Waals surface area contributed by atoms with Crippen LogP contribution in [0.3, 0.4) is 0 Å². The Morgan fingerprint density at radius 2 is 1.93 bits per heavy atom. The van der Waals surface area contributed by atoms with E-state index in [9.17, 15) is 9.59 Å². The number of ether oxygens (including phenoxy) is 3. The maximum absolute atomic E-state index is 12.5. The highest BCUT2D eigenvalue weighted by molar-refractivity contribution is 5.90. The number of carbonyl (C=O) groups excluding carboxylic acids is 1. The molecule has 3 rings (SSSR count). The van der Waals surface area contributed by atoms with Gasteiger partial charge >= 0.3 is 5.97 Å². The zero-order chi connectivity index (χ0) is 20.8. The van der Waals surface area contributed by atoms with E-state index < -0.39 is 5.97 Å². The largest absolute Gasteiger partial charge is 0.490 e. The lowest BCUT2D eigenvalue weighted by Crippen LogP contribution is -2.17. The molecule has 0 saturated carbocycles. The molecular formula is C22H24N2O5. The predicted octanol–water partition coefficient (Wildman–Crippen LogP) is 3.55. The topological polar surface area (TPSA) is 79.1 Å². The highest BCUT2D eigenvalue weighted by atomic mass is 16.5. The highest BCUT2D eigenvalue weighted by Gasteiger charge is 2.14. The van der Waals surface area contributed by atoms with Crippen molar-refractivity contribution in [3.63, 3.8) is 0 Å². The number of aromatic nitrogens is 2. The van der Waals surface area contributed by atoms with Gasteiger partial charge in [0.15, 0.2) is 11.5 Å². The Morgan fingerprint density at radius 3 is 2.69 bits per heavy atom. The number of benzene rings is 1. The zero-order valence-corrected chi connectivity index (χ0v) is 16.8. The standard InChI is InChI=1S/C22H24N2O5/c1-4-11-28-18-9-8-16(12-19(18)27-5-2)22(26)29-14-17-13-20(25)24-10-6-7-15(3)21(24)23-17/h6-10,12-13H,4-5,11,14H2,1-3H3. The number of hydrogen-bond acceptors (Lipinski definition) is 6. The van der Waals surface area contributed by atoms with Crippen molar-refractivity contribution < 1.29 is 19.0 Å². The van der Waals surface area contributed by atoms with E-state index in [4.69, 9.17) is 14.2 Å². The van der Waals surface area contributed by atoms with Gasteiger partial charge in [0.2, 0.25) is 0 Å². The molecule has 0 aliphatic heterocycles. The summed E-state index contributed by atoms with van der Waals surface area (Å²) in [6.07, 6.45) is 2.53. The molecule has 2 aromatic heterocycles. The monoisotopic (exact) mass is 396 g/mol. The van der Waals surface area contributed by atoms with Gasteiger partial charge < -0.3 is 14.2 Å². The summed E-state index contributed by atoms with van der Waals surface area (Å²) in [5, 5.41) is 0. The lowest BCUT2D eigenvalue weighted by Gasteiger charge is -2.13. The summed E-state index contributed by atoms with van der Waals surface area (Å²) >= 11 is 0. The first-order chi connectivity index (χ1) is 14.0. The van der Waals surface area contributed by atoms with Gasteiger partial charge in [-0.05, 0) is 50.1 Å². The molecule has 0 spiro atoms. The van der Waals surface area contributed by atoms with Crippen LogP contribution in [0.2, 0.25) is 0 Å². The van der Waals surface area contributed by atoms with E-state index in [0.29, 0.717) is 41.6 Å². The number of esters is 1. The molecule has 3 aromatic rings. The van der Waals surface area contributed by atoms with Crippen molar-refractivity contribution in [2.45, 2.75) is 33.8 Å². The van der Waals surface area contributed by atoms with Crippen LogP contribution in [0.1, 0.15) is 41.9 Å². The molecule has 0 saturated heterocycles. The van der Waals surface area contributed by atoms with Gasteiger partial charge in [-0.15, -0.1) is 0 Å². The summed E-state index contributed by atoms with van der Waals surface area (Å²) in [5.74, 6) is 0.554. The molecule has 2 heterocycles. The first-order valence-corrected chi connectivity index (χ1v) is 9.58. The van der Waals surface area contributed by atoms with Gasteiger partial charge in [0.25, 0.3) is 5.56 Å². The average Bonchev–Trinajstić information content (AvgIpc) is 2.72. The van der Waals surface area contributed by atoms with Crippen molar-refractivity contribution in [1.29, 1.82) is 0 Å². The molecule has 0 atom stereocenters. The number of nitrogens with zero attached hydrogens (tertiary/aromatic N) is 2. The molecule has 7 heteroatoms. The number of fused-ring (bicyclic) bond motifs is 1. The Balaban J connectivity index is 1.77. The van der Waals surface area contributed by atoms with Crippen molar-refractivity contribution in [2.75, 3.05) is 13.2 Å². The Hall–Kier alpha value is -3.35. The van der Waals surface area contributed by atoms with Crippen molar-refractivity contribution in [1.82, 2.24) is 9.38 Å². The van der Waals surface area contributed by atoms with Gasteiger partial charge in [-0.1, -0.05) is 13.0 Å². The third-order valence-electron chi connectivity index (χ3n) is 4.23. The van der Waals surface area contributed by atoms with Crippen molar-refractivity contribution in [2.24, 2.45) is 0 Å². The van der Waals surface area contributed by atoms with Crippen LogP contribution in [-0.2, 0) is 11.3 Å². The maximum Gasteiger partial charge on any atom is 0.338 e. The van der Waals surface area contributed by atoms with Crippen molar-refractivity contribution >= 4 is 11.6 Å². The van der Waals surface area contributed by atoms with Gasteiger partial charge in [-0.25, -0.2) is 9.78 Å². The first-order valence-electron chi connectivity index (χ1n) is 9.58. The smallest absolute Gasteiger partial charge is 0.338 e. The second kappa shape index (κ2) is 9.23. The van der Waals surface area contributed by atoms with E-state index in [2.05, 4.69) is 4.98 Å². The fourth-order valence-electron chi connectivity index (χ4n) is 2.84. The SMILES string of the molecule is CCCOc1ccc(C(=O)OCc2cc(=O)n3cccc(C)c3n2)cc1OCC. The number of carbonyl (C=O) groups is 1. The first kappa shape index (κ1) is 20.4. The number of pyridine rings is 1. The summed E-state index contributed by atoms with van der Waals surface area (Å²) in [5.41, 5.74) is 1.92. The quantitative estimate of drug-likeness (QED) is 0.542. The second-order valence-corrected chi connectivity index (χ2v) is 6.49. The minimum atomic E-state index is -0.528. The lowest BCUT2D eigenvalue weighted by molar-refractivity contribution is 0.0467. The Bertz CT molecular complexity index is 1070. The molecule has 0 amide bonds. The van der Waals surface area contributed by atoms with Gasteiger partial charge in [-0.2, -0.15) is 0 Å².